The number of nitrogens with one attached hydrogen (secondary N) is 1. The van der Waals surface area contributed by atoms with Crippen molar-refractivity contribution in [1.82, 2.24) is 10.2 Å². The lowest BCUT2D eigenvalue weighted by Crippen LogP contribution is -2.74. The molecule has 1 saturated carbocycles. The van der Waals surface area contributed by atoms with Gasteiger partial charge in [-0.25, -0.2) is 4.39 Å². The summed E-state index contributed by atoms with van der Waals surface area (Å²) in [5, 5.41) is 2.86. The average molecular weight is 256 g/mol. The molecule has 2 aliphatic rings. The Morgan fingerprint density at radius 1 is 1.33 bits per heavy atom. The van der Waals surface area contributed by atoms with Crippen molar-refractivity contribution in [3.8, 4) is 0 Å². The first kappa shape index (κ1) is 13.3. The first-order valence-corrected chi connectivity index (χ1v) is 6.71. The van der Waals surface area contributed by atoms with Crippen LogP contribution < -0.4 is 5.32 Å². The number of carbonyl (C=O) groups excluding carboxylic acids is 2. The largest absolute Gasteiger partial charge is 0.340 e. The predicted octanol–water partition coefficient (Wildman–Crippen LogP) is 1.40. The number of piperazine rings is 1. The van der Waals surface area contributed by atoms with Crippen molar-refractivity contribution in [2.24, 2.45) is 0 Å². The first-order chi connectivity index (χ1) is 8.50. The van der Waals surface area contributed by atoms with E-state index in [1.807, 2.05) is 6.92 Å². The summed E-state index contributed by atoms with van der Waals surface area (Å²) in [4.78, 5) is 26.4. The molecule has 1 aliphatic carbocycles. The van der Waals surface area contributed by atoms with Crippen LogP contribution in [0.3, 0.4) is 0 Å². The van der Waals surface area contributed by atoms with Crippen molar-refractivity contribution < 1.29 is 14.0 Å². The number of hydrogen-bond donors (Lipinski definition) is 1. The maximum atomic E-state index is 12.7. The Hall–Kier alpha value is -1.13. The third-order valence-electron chi connectivity index (χ3n) is 4.49. The molecule has 1 spiro atoms. The van der Waals surface area contributed by atoms with Crippen LogP contribution in [0, 0.1) is 0 Å². The van der Waals surface area contributed by atoms with Gasteiger partial charge >= 0.3 is 0 Å². The third-order valence-corrected chi connectivity index (χ3v) is 4.49. The molecule has 4 nitrogen and oxygen atoms in total. The van der Waals surface area contributed by atoms with Gasteiger partial charge in [-0.2, -0.15) is 0 Å². The standard InChI is InChI=1S/C13H21FN2O2/c1-3-12(2)11(18)16(9-8-14)13(10(17)15-12)6-4-5-7-13/h3-9H2,1-2H3,(H,15,17). The summed E-state index contributed by atoms with van der Waals surface area (Å²) in [6.07, 6.45) is 3.68. The molecule has 1 unspecified atom stereocenters. The van der Waals surface area contributed by atoms with Gasteiger partial charge in [0.2, 0.25) is 11.8 Å². The lowest BCUT2D eigenvalue weighted by Gasteiger charge is -2.50. The highest BCUT2D eigenvalue weighted by atomic mass is 19.1. The van der Waals surface area contributed by atoms with E-state index in [9.17, 15) is 14.0 Å². The highest BCUT2D eigenvalue weighted by Gasteiger charge is 2.56. The Morgan fingerprint density at radius 3 is 2.44 bits per heavy atom. The van der Waals surface area contributed by atoms with Crippen molar-refractivity contribution in [3.05, 3.63) is 0 Å². The van der Waals surface area contributed by atoms with E-state index < -0.39 is 17.8 Å². The Labute approximate surface area is 107 Å². The van der Waals surface area contributed by atoms with Crippen molar-refractivity contribution in [1.29, 1.82) is 0 Å². The fourth-order valence-corrected chi connectivity index (χ4v) is 3.13. The summed E-state index contributed by atoms with van der Waals surface area (Å²) < 4.78 is 12.7. The van der Waals surface area contributed by atoms with Crippen LogP contribution in [-0.4, -0.2) is 41.0 Å². The molecule has 1 N–H and O–H groups in total. The van der Waals surface area contributed by atoms with Crippen LogP contribution in [0.4, 0.5) is 4.39 Å². The molecular formula is C13H21FN2O2. The zero-order valence-corrected chi connectivity index (χ0v) is 11.1. The van der Waals surface area contributed by atoms with E-state index in [0.29, 0.717) is 19.3 Å². The quantitative estimate of drug-likeness (QED) is 0.829. The van der Waals surface area contributed by atoms with Crippen molar-refractivity contribution in [3.63, 3.8) is 0 Å². The minimum atomic E-state index is -0.875. The molecule has 1 aliphatic heterocycles. The Bertz CT molecular complexity index is 366. The molecule has 5 heteroatoms. The fourth-order valence-electron chi connectivity index (χ4n) is 3.13. The third kappa shape index (κ3) is 1.71. The molecular weight excluding hydrogens is 235 g/mol. The van der Waals surface area contributed by atoms with Crippen LogP contribution in [0.1, 0.15) is 46.0 Å². The lowest BCUT2D eigenvalue weighted by molar-refractivity contribution is -0.162. The SMILES string of the molecule is CCC1(C)NC(=O)C2(CCCC2)N(CCF)C1=O. The smallest absolute Gasteiger partial charge is 0.249 e. The van der Waals surface area contributed by atoms with Crippen molar-refractivity contribution in [2.45, 2.75) is 57.0 Å². The summed E-state index contributed by atoms with van der Waals surface area (Å²) >= 11 is 0. The van der Waals surface area contributed by atoms with E-state index in [2.05, 4.69) is 5.32 Å². The van der Waals surface area contributed by atoms with Crippen LogP contribution in [-0.2, 0) is 9.59 Å². The number of rotatable bonds is 3. The summed E-state index contributed by atoms with van der Waals surface area (Å²) in [6.45, 7) is 3.02. The Balaban J connectivity index is 2.37. The van der Waals surface area contributed by atoms with Crippen LogP contribution in [0.15, 0.2) is 0 Å². The van der Waals surface area contributed by atoms with Gasteiger partial charge in [-0.15, -0.1) is 0 Å². The number of amides is 2. The molecule has 102 valence electrons. The summed E-state index contributed by atoms with van der Waals surface area (Å²) in [5.41, 5.74) is -1.65. The number of nitrogens with zero attached hydrogens (tertiary/aromatic N) is 1. The van der Waals surface area contributed by atoms with Gasteiger partial charge in [0.25, 0.3) is 0 Å². The maximum Gasteiger partial charge on any atom is 0.249 e. The number of hydrogen-bond acceptors (Lipinski definition) is 2. The average Bonchev–Trinajstić information content (AvgIpc) is 2.83. The molecule has 2 fully saturated rings. The minimum absolute atomic E-state index is 0.0296. The van der Waals surface area contributed by atoms with Crippen LogP contribution in [0.2, 0.25) is 0 Å². The maximum absolute atomic E-state index is 12.7. The summed E-state index contributed by atoms with van der Waals surface area (Å²) in [7, 11) is 0. The van der Waals surface area contributed by atoms with Crippen molar-refractivity contribution in [2.75, 3.05) is 13.2 Å². The monoisotopic (exact) mass is 256 g/mol. The zero-order chi connectivity index (χ0) is 13.4. The van der Waals surface area contributed by atoms with Gasteiger partial charge in [0.15, 0.2) is 0 Å². The molecule has 2 rings (SSSR count). The molecule has 0 aromatic heterocycles. The molecule has 2 amide bonds. The number of halogens is 1. The van der Waals surface area contributed by atoms with Gasteiger partial charge in [-0.05, 0) is 26.2 Å². The van der Waals surface area contributed by atoms with E-state index in [0.717, 1.165) is 12.8 Å². The van der Waals surface area contributed by atoms with Crippen LogP contribution in [0.25, 0.3) is 0 Å². The van der Waals surface area contributed by atoms with Crippen molar-refractivity contribution >= 4 is 11.8 Å². The second-order valence-corrected chi connectivity index (χ2v) is 5.52. The second kappa shape index (κ2) is 4.52. The zero-order valence-electron chi connectivity index (χ0n) is 11.1. The number of alkyl halides is 1. The molecule has 0 radical (unpaired) electrons. The van der Waals surface area contributed by atoms with E-state index in [1.165, 1.54) is 4.90 Å². The summed E-state index contributed by atoms with van der Waals surface area (Å²) in [6, 6.07) is 0. The molecule has 18 heavy (non-hydrogen) atoms. The van der Waals surface area contributed by atoms with E-state index in [4.69, 9.17) is 0 Å². The minimum Gasteiger partial charge on any atom is -0.340 e. The lowest BCUT2D eigenvalue weighted by atomic mass is 9.83. The van der Waals surface area contributed by atoms with Gasteiger partial charge in [-0.3, -0.25) is 9.59 Å². The van der Waals surface area contributed by atoms with Gasteiger partial charge in [0.05, 0.1) is 6.54 Å². The molecule has 0 aromatic rings. The topological polar surface area (TPSA) is 49.4 Å². The molecule has 1 saturated heterocycles. The molecule has 0 aromatic carbocycles. The molecule has 0 bridgehead atoms. The normalized spacial score (nSPS) is 30.9. The predicted molar refractivity (Wildman–Crippen MR) is 65.7 cm³/mol. The van der Waals surface area contributed by atoms with Gasteiger partial charge < -0.3 is 10.2 Å². The Kier molecular flexibility index (Phi) is 3.34. The highest BCUT2D eigenvalue weighted by Crippen LogP contribution is 2.40. The first-order valence-electron chi connectivity index (χ1n) is 6.71. The van der Waals surface area contributed by atoms with Gasteiger partial charge in [-0.1, -0.05) is 19.8 Å². The van der Waals surface area contributed by atoms with Gasteiger partial charge in [0.1, 0.15) is 17.8 Å². The molecule has 1 heterocycles. The van der Waals surface area contributed by atoms with Gasteiger partial charge in [0, 0.05) is 0 Å². The second-order valence-electron chi connectivity index (χ2n) is 5.52. The van der Waals surface area contributed by atoms with E-state index in [1.54, 1.807) is 6.92 Å². The fraction of sp³-hybridized carbons (Fsp3) is 0.846. The number of carbonyl (C=O) groups is 2. The van der Waals surface area contributed by atoms with E-state index in [-0.39, 0.29) is 18.4 Å². The van der Waals surface area contributed by atoms with Crippen LogP contribution >= 0.6 is 0 Å². The Morgan fingerprint density at radius 2 is 1.94 bits per heavy atom. The van der Waals surface area contributed by atoms with Crippen LogP contribution in [0.5, 0.6) is 0 Å². The van der Waals surface area contributed by atoms with E-state index >= 15 is 0 Å². The molecule has 1 atom stereocenters. The highest BCUT2D eigenvalue weighted by molar-refractivity contribution is 6.02. The summed E-state index contributed by atoms with van der Waals surface area (Å²) in [5.74, 6) is -0.235.